The SMILES string of the molecule is CC(C)(O)c1cc2nn([C@H]3CC[C@H](CN4CCN(C5CN(c6cc(F)c([C@H]7CCC(=O)NC7=O)c(F)c6)C5)CC4)CC3)cc2cc1NC(=O)c1ccc2cc(C#N)cnn12. The minimum atomic E-state index is -1.25. The number of aliphatic hydroxyl groups is 1. The second kappa shape index (κ2) is 15.7. The number of rotatable bonds is 9. The van der Waals surface area contributed by atoms with Crippen molar-refractivity contribution in [3.63, 3.8) is 0 Å². The fourth-order valence-electron chi connectivity index (χ4n) is 9.53. The van der Waals surface area contributed by atoms with Gasteiger partial charge in [-0.2, -0.15) is 15.5 Å². The molecule has 2 aromatic carbocycles. The van der Waals surface area contributed by atoms with Gasteiger partial charge in [-0.1, -0.05) is 0 Å². The maximum Gasteiger partial charge on any atom is 0.274 e. The van der Waals surface area contributed by atoms with Crippen molar-refractivity contribution in [2.24, 2.45) is 5.92 Å². The van der Waals surface area contributed by atoms with Crippen molar-refractivity contribution < 1.29 is 28.3 Å². The molecule has 1 atom stereocenters. The van der Waals surface area contributed by atoms with E-state index in [1.807, 2.05) is 27.9 Å². The summed E-state index contributed by atoms with van der Waals surface area (Å²) < 4.78 is 33.8. The van der Waals surface area contributed by atoms with Gasteiger partial charge < -0.3 is 20.2 Å². The van der Waals surface area contributed by atoms with E-state index >= 15 is 8.78 Å². The highest BCUT2D eigenvalue weighted by atomic mass is 19.1. The van der Waals surface area contributed by atoms with Gasteiger partial charge in [-0.3, -0.25) is 29.3 Å². The van der Waals surface area contributed by atoms with Crippen LogP contribution in [0.25, 0.3) is 16.4 Å². The number of piperidine rings is 1. The number of hydrogen-bond acceptors (Lipinski definition) is 10. The lowest BCUT2D eigenvalue weighted by Crippen LogP contribution is -2.63. The van der Waals surface area contributed by atoms with Crippen LogP contribution in [0.5, 0.6) is 0 Å². The van der Waals surface area contributed by atoms with E-state index < -0.39 is 35.0 Å². The van der Waals surface area contributed by atoms with Gasteiger partial charge in [0.1, 0.15) is 23.4 Å². The fourth-order valence-corrected chi connectivity index (χ4v) is 9.53. The number of nitriles is 1. The zero-order valence-electron chi connectivity index (χ0n) is 33.7. The van der Waals surface area contributed by atoms with Crippen LogP contribution in [0.3, 0.4) is 0 Å². The first-order chi connectivity index (χ1) is 28.8. The number of anilines is 2. The van der Waals surface area contributed by atoms with E-state index in [4.69, 9.17) is 5.10 Å². The molecule has 9 rings (SSSR count). The Morgan fingerprint density at radius 2 is 1.72 bits per heavy atom. The highest BCUT2D eigenvalue weighted by Crippen LogP contribution is 2.37. The highest BCUT2D eigenvalue weighted by molar-refractivity contribution is 6.05. The topological polar surface area (TPSA) is 164 Å². The quantitative estimate of drug-likeness (QED) is 0.171. The minimum absolute atomic E-state index is 0.0599. The molecule has 14 nitrogen and oxygen atoms in total. The van der Waals surface area contributed by atoms with Crippen LogP contribution in [-0.2, 0) is 15.2 Å². The Hall–Kier alpha value is -5.76. The van der Waals surface area contributed by atoms with Gasteiger partial charge in [-0.05, 0) is 94.3 Å². The summed E-state index contributed by atoms with van der Waals surface area (Å²) in [5.74, 6) is -3.37. The number of nitrogens with one attached hydrogen (secondary N) is 2. The first-order valence-corrected chi connectivity index (χ1v) is 20.8. The summed E-state index contributed by atoms with van der Waals surface area (Å²) in [7, 11) is 0. The van der Waals surface area contributed by atoms with Crippen molar-refractivity contribution in [2.45, 2.75) is 76.0 Å². The monoisotopic (exact) mass is 818 g/mol. The molecule has 5 aromatic rings. The van der Waals surface area contributed by atoms with E-state index in [0.717, 1.165) is 69.3 Å². The molecule has 4 aliphatic rings. The molecular weight excluding hydrogens is 771 g/mol. The molecule has 1 aliphatic carbocycles. The summed E-state index contributed by atoms with van der Waals surface area (Å²) in [6.45, 7) is 9.65. The van der Waals surface area contributed by atoms with Gasteiger partial charge in [-0.25, -0.2) is 13.3 Å². The molecule has 3 saturated heterocycles. The van der Waals surface area contributed by atoms with Crippen LogP contribution in [0.4, 0.5) is 20.2 Å². The molecule has 4 fully saturated rings. The van der Waals surface area contributed by atoms with Crippen LogP contribution in [0.1, 0.15) is 91.5 Å². The van der Waals surface area contributed by atoms with Crippen molar-refractivity contribution in [3.8, 4) is 6.07 Å². The number of fused-ring (bicyclic) bond motifs is 2. The highest BCUT2D eigenvalue weighted by Gasteiger charge is 2.37. The third-order valence-corrected chi connectivity index (χ3v) is 12.9. The third kappa shape index (κ3) is 7.73. The van der Waals surface area contributed by atoms with Gasteiger partial charge in [0.15, 0.2) is 0 Å². The van der Waals surface area contributed by atoms with Crippen molar-refractivity contribution in [1.82, 2.24) is 34.5 Å². The Bertz CT molecular complexity index is 2510. The summed E-state index contributed by atoms with van der Waals surface area (Å²) in [4.78, 5) is 44.3. The molecule has 312 valence electrons. The van der Waals surface area contributed by atoms with Crippen molar-refractivity contribution in [1.29, 1.82) is 5.26 Å². The first kappa shape index (κ1) is 39.7. The zero-order chi connectivity index (χ0) is 41.9. The normalized spacial score (nSPS) is 22.2. The van der Waals surface area contributed by atoms with Gasteiger partial charge in [0.25, 0.3) is 5.91 Å². The maximum atomic E-state index is 15.1. The summed E-state index contributed by atoms with van der Waals surface area (Å²) in [5.41, 5.74) is 2.09. The maximum absolute atomic E-state index is 15.1. The number of carbonyl (C=O) groups excluding carboxylic acids is 3. The van der Waals surface area contributed by atoms with Gasteiger partial charge in [0, 0.05) is 92.4 Å². The average Bonchev–Trinajstić information content (AvgIpc) is 3.82. The number of nitrogens with zero attached hydrogens (tertiary/aromatic N) is 8. The summed E-state index contributed by atoms with van der Waals surface area (Å²) >= 11 is 0. The molecule has 0 unspecified atom stereocenters. The van der Waals surface area contributed by atoms with Crippen LogP contribution in [-0.4, -0.2) is 104 Å². The molecule has 3 amide bonds. The van der Waals surface area contributed by atoms with Crippen LogP contribution < -0.4 is 15.5 Å². The van der Waals surface area contributed by atoms with E-state index in [1.54, 1.807) is 32.0 Å². The number of piperazine rings is 1. The first-order valence-electron chi connectivity index (χ1n) is 20.8. The molecule has 3 aromatic heterocycles. The smallest absolute Gasteiger partial charge is 0.274 e. The summed E-state index contributed by atoms with van der Waals surface area (Å²) in [6.07, 6.45) is 7.82. The van der Waals surface area contributed by atoms with Gasteiger partial charge in [-0.15, -0.1) is 0 Å². The molecule has 3 N–H and O–H groups in total. The summed E-state index contributed by atoms with van der Waals surface area (Å²) in [5, 5.41) is 35.6. The van der Waals surface area contributed by atoms with Crippen molar-refractivity contribution in [3.05, 3.63) is 88.9 Å². The van der Waals surface area contributed by atoms with Crippen LogP contribution >= 0.6 is 0 Å². The molecule has 0 bridgehead atoms. The molecule has 3 aliphatic heterocycles. The lowest BCUT2D eigenvalue weighted by atomic mass is 9.85. The number of imide groups is 1. The third-order valence-electron chi connectivity index (χ3n) is 12.9. The van der Waals surface area contributed by atoms with E-state index in [2.05, 4.69) is 31.6 Å². The minimum Gasteiger partial charge on any atom is -0.386 e. The largest absolute Gasteiger partial charge is 0.386 e. The number of aromatic nitrogens is 4. The van der Waals surface area contributed by atoms with Gasteiger partial charge in [0.2, 0.25) is 11.8 Å². The second-order valence-corrected chi connectivity index (χ2v) is 17.4. The fraction of sp³-hybridized carbons (Fsp3) is 0.455. The van der Waals surface area contributed by atoms with Crippen LogP contribution in [0, 0.1) is 28.9 Å². The van der Waals surface area contributed by atoms with Crippen molar-refractivity contribution >= 4 is 45.5 Å². The Labute approximate surface area is 345 Å². The molecule has 0 spiro atoms. The number of halogens is 2. The van der Waals surface area contributed by atoms with Gasteiger partial charge >= 0.3 is 0 Å². The Kier molecular flexibility index (Phi) is 10.4. The van der Waals surface area contributed by atoms with E-state index in [9.17, 15) is 24.8 Å². The molecular formula is C44H48F2N10O4. The second-order valence-electron chi connectivity index (χ2n) is 17.4. The zero-order valence-corrected chi connectivity index (χ0v) is 33.7. The lowest BCUT2D eigenvalue weighted by Gasteiger charge is -2.49. The molecule has 6 heterocycles. The molecule has 16 heteroatoms. The molecule has 0 radical (unpaired) electrons. The predicted octanol–water partition coefficient (Wildman–Crippen LogP) is 5.07. The summed E-state index contributed by atoms with van der Waals surface area (Å²) in [6, 6.07) is 14.0. The van der Waals surface area contributed by atoms with E-state index in [1.165, 1.54) is 22.8 Å². The Balaban J connectivity index is 0.764. The average molecular weight is 819 g/mol. The van der Waals surface area contributed by atoms with E-state index in [0.29, 0.717) is 58.8 Å². The number of amides is 3. The standard InChI is InChI=1S/C44H48F2N10O4/c1-44(2,60)34-19-37-28(16-38(34)49-43(59)39-9-7-30-15-27(20-47)21-48-56(30)39)23-55(51-37)29-5-3-26(4-6-29)22-52-11-13-53(14-12-52)32-24-54(25-32)31-17-35(45)41(36(46)18-31)33-8-10-40(57)50-42(33)58/h7,9,15-19,21,23,26,29,32-33,60H,3-6,8,10-14,22,24-25H2,1-2H3,(H,49,59)(H,50,57,58)/t26-,29-,33-/m1/s1. The Morgan fingerprint density at radius 1 is 0.983 bits per heavy atom. The van der Waals surface area contributed by atoms with Crippen LogP contribution in [0.15, 0.2) is 54.9 Å². The lowest BCUT2D eigenvalue weighted by molar-refractivity contribution is -0.134. The van der Waals surface area contributed by atoms with Gasteiger partial charge in [0.05, 0.1) is 40.4 Å². The predicted molar refractivity (Wildman–Crippen MR) is 219 cm³/mol. The number of hydrogen-bond donors (Lipinski definition) is 3. The molecule has 1 saturated carbocycles. The molecule has 60 heavy (non-hydrogen) atoms. The Morgan fingerprint density at radius 3 is 2.40 bits per heavy atom. The number of benzene rings is 2. The van der Waals surface area contributed by atoms with Crippen molar-refractivity contribution in [2.75, 3.05) is 56.0 Å². The van der Waals surface area contributed by atoms with Crippen LogP contribution in [0.2, 0.25) is 0 Å². The number of carbonyl (C=O) groups is 3. The van der Waals surface area contributed by atoms with E-state index in [-0.39, 0.29) is 30.4 Å².